The summed E-state index contributed by atoms with van der Waals surface area (Å²) in [7, 11) is 0. The van der Waals surface area contributed by atoms with Crippen molar-refractivity contribution in [2.45, 2.75) is 18.6 Å². The minimum Gasteiger partial charge on any atom is -0.463 e. The summed E-state index contributed by atoms with van der Waals surface area (Å²) in [5, 5.41) is 1.30. The Morgan fingerprint density at radius 2 is 2.22 bits per heavy atom. The summed E-state index contributed by atoms with van der Waals surface area (Å²) >= 11 is 5.89. The van der Waals surface area contributed by atoms with Crippen LogP contribution in [0.3, 0.4) is 0 Å². The zero-order valence-corrected chi connectivity index (χ0v) is 10.1. The van der Waals surface area contributed by atoms with E-state index >= 15 is 0 Å². The van der Waals surface area contributed by atoms with E-state index in [1.165, 1.54) is 0 Å². The molecule has 18 heavy (non-hydrogen) atoms. The van der Waals surface area contributed by atoms with Gasteiger partial charge in [-0.05, 0) is 18.6 Å². The Kier molecular flexibility index (Phi) is 2.02. The second-order valence-electron chi connectivity index (χ2n) is 4.53. The maximum Gasteiger partial charge on any atom is 0.343 e. The van der Waals surface area contributed by atoms with Gasteiger partial charge in [0.2, 0.25) is 6.29 Å². The van der Waals surface area contributed by atoms with Crippen molar-refractivity contribution in [1.82, 2.24) is 0 Å². The molecule has 0 amide bonds. The lowest BCUT2D eigenvalue weighted by molar-refractivity contribution is -0.0330. The van der Waals surface area contributed by atoms with E-state index in [1.807, 2.05) is 0 Å². The predicted octanol–water partition coefficient (Wildman–Crippen LogP) is 2.67. The van der Waals surface area contributed by atoms with Crippen LogP contribution in [0.15, 0.2) is 27.4 Å². The first-order valence-corrected chi connectivity index (χ1v) is 6.16. The molecule has 0 bridgehead atoms. The van der Waals surface area contributed by atoms with Crippen LogP contribution in [-0.4, -0.2) is 12.9 Å². The van der Waals surface area contributed by atoms with Crippen molar-refractivity contribution in [3.63, 3.8) is 0 Å². The minimum atomic E-state index is -0.349. The maximum atomic E-state index is 12.0. The molecule has 4 rings (SSSR count). The Balaban J connectivity index is 2.06. The summed E-state index contributed by atoms with van der Waals surface area (Å²) in [5.41, 5.74) is 0.705. The smallest absolute Gasteiger partial charge is 0.343 e. The van der Waals surface area contributed by atoms with E-state index in [4.69, 9.17) is 25.5 Å². The third kappa shape index (κ3) is 1.27. The van der Waals surface area contributed by atoms with Crippen LogP contribution >= 0.6 is 11.6 Å². The van der Waals surface area contributed by atoms with E-state index in [9.17, 15) is 4.79 Å². The molecule has 2 aromatic rings. The van der Waals surface area contributed by atoms with Gasteiger partial charge in [-0.3, -0.25) is 0 Å². The Morgan fingerprint density at radius 1 is 1.33 bits per heavy atom. The standard InChI is InChI=1S/C13H9ClO4/c14-6-1-2-7-9(5-6)17-12(15)10-8-3-4-16-13(8)18-11(7)10/h1-2,5,8,13H,3-4H2/t8-,13+/m1/s1. The van der Waals surface area contributed by atoms with E-state index in [-0.39, 0.29) is 17.8 Å². The molecule has 1 fully saturated rings. The Hall–Kier alpha value is -1.52. The highest BCUT2D eigenvalue weighted by Gasteiger charge is 2.43. The third-order valence-corrected chi connectivity index (χ3v) is 3.73. The lowest BCUT2D eigenvalue weighted by atomic mass is 9.99. The molecule has 1 aromatic heterocycles. The number of halogens is 1. The molecule has 0 radical (unpaired) electrons. The number of fused-ring (bicyclic) bond motifs is 5. The zero-order chi connectivity index (χ0) is 12.3. The Morgan fingerprint density at radius 3 is 3.11 bits per heavy atom. The summed E-state index contributed by atoms with van der Waals surface area (Å²) in [6.07, 6.45) is 0.450. The maximum absolute atomic E-state index is 12.0. The van der Waals surface area contributed by atoms with Crippen LogP contribution in [0, 0.1) is 0 Å². The first kappa shape index (κ1) is 10.4. The molecule has 2 aliphatic heterocycles. The first-order valence-electron chi connectivity index (χ1n) is 5.78. The molecule has 0 aliphatic carbocycles. The van der Waals surface area contributed by atoms with Crippen LogP contribution < -0.4 is 10.4 Å². The van der Waals surface area contributed by atoms with Crippen LogP contribution in [0.4, 0.5) is 0 Å². The highest BCUT2D eigenvalue weighted by Crippen LogP contribution is 2.45. The van der Waals surface area contributed by atoms with Gasteiger partial charge in [0, 0.05) is 11.1 Å². The summed E-state index contributed by atoms with van der Waals surface area (Å²) in [5.74, 6) is 0.587. The molecule has 2 aliphatic rings. The van der Waals surface area contributed by atoms with Crippen LogP contribution in [0.2, 0.25) is 5.02 Å². The molecule has 92 valence electrons. The molecule has 1 aromatic carbocycles. The number of hydrogen-bond acceptors (Lipinski definition) is 4. The second-order valence-corrected chi connectivity index (χ2v) is 4.96. The zero-order valence-electron chi connectivity index (χ0n) is 9.31. The minimum absolute atomic E-state index is 0.00340. The van der Waals surface area contributed by atoms with Gasteiger partial charge in [0.05, 0.1) is 23.5 Å². The van der Waals surface area contributed by atoms with Gasteiger partial charge in [-0.1, -0.05) is 11.6 Å². The van der Waals surface area contributed by atoms with E-state index < -0.39 is 0 Å². The summed E-state index contributed by atoms with van der Waals surface area (Å²) in [6.45, 7) is 0.618. The van der Waals surface area contributed by atoms with Gasteiger partial charge in [0.25, 0.3) is 0 Å². The van der Waals surface area contributed by atoms with Crippen molar-refractivity contribution in [3.05, 3.63) is 39.2 Å². The molecule has 0 unspecified atom stereocenters. The monoisotopic (exact) mass is 264 g/mol. The molecule has 0 saturated carbocycles. The fourth-order valence-electron chi connectivity index (χ4n) is 2.68. The fraction of sp³-hybridized carbons (Fsp3) is 0.308. The van der Waals surface area contributed by atoms with Crippen molar-refractivity contribution in [2.24, 2.45) is 0 Å². The number of benzene rings is 1. The average Bonchev–Trinajstić information content (AvgIpc) is 2.87. The van der Waals surface area contributed by atoms with E-state index in [1.54, 1.807) is 18.2 Å². The van der Waals surface area contributed by atoms with Gasteiger partial charge in [-0.15, -0.1) is 0 Å². The van der Waals surface area contributed by atoms with Crippen molar-refractivity contribution in [3.8, 4) is 5.75 Å². The normalized spacial score (nSPS) is 24.9. The molecular formula is C13H9ClO4. The molecule has 5 heteroatoms. The van der Waals surface area contributed by atoms with Crippen molar-refractivity contribution < 1.29 is 13.9 Å². The topological polar surface area (TPSA) is 48.7 Å². The number of hydrogen-bond donors (Lipinski definition) is 0. The van der Waals surface area contributed by atoms with Gasteiger partial charge < -0.3 is 13.9 Å². The van der Waals surface area contributed by atoms with Crippen LogP contribution in [0.5, 0.6) is 5.75 Å². The van der Waals surface area contributed by atoms with Crippen molar-refractivity contribution >= 4 is 22.6 Å². The second kappa shape index (κ2) is 3.49. The lowest BCUT2D eigenvalue weighted by Gasteiger charge is -2.07. The summed E-state index contributed by atoms with van der Waals surface area (Å²) in [4.78, 5) is 12.0. The van der Waals surface area contributed by atoms with Crippen molar-refractivity contribution in [2.75, 3.05) is 6.61 Å². The van der Waals surface area contributed by atoms with Crippen LogP contribution in [-0.2, 0) is 4.74 Å². The largest absolute Gasteiger partial charge is 0.463 e. The molecule has 1 saturated heterocycles. The van der Waals surface area contributed by atoms with E-state index in [0.717, 1.165) is 11.8 Å². The predicted molar refractivity (Wildman–Crippen MR) is 65.2 cm³/mol. The van der Waals surface area contributed by atoms with E-state index in [2.05, 4.69) is 0 Å². The van der Waals surface area contributed by atoms with Gasteiger partial charge >= 0.3 is 5.63 Å². The quantitative estimate of drug-likeness (QED) is 0.687. The van der Waals surface area contributed by atoms with Crippen LogP contribution in [0.1, 0.15) is 17.9 Å². The SMILES string of the molecule is O=c1oc2cc(Cl)ccc2c2c1[C@H]1CCO[C@H]1O2. The molecule has 0 N–H and O–H groups in total. The Bertz CT molecular complexity index is 706. The lowest BCUT2D eigenvalue weighted by Crippen LogP contribution is -2.15. The van der Waals surface area contributed by atoms with Gasteiger partial charge in [0.15, 0.2) is 0 Å². The third-order valence-electron chi connectivity index (χ3n) is 3.50. The molecule has 4 nitrogen and oxygen atoms in total. The molecule has 3 heterocycles. The van der Waals surface area contributed by atoms with Crippen molar-refractivity contribution in [1.29, 1.82) is 0 Å². The fourth-order valence-corrected chi connectivity index (χ4v) is 2.85. The van der Waals surface area contributed by atoms with Gasteiger partial charge in [-0.25, -0.2) is 4.79 Å². The summed E-state index contributed by atoms with van der Waals surface area (Å²) in [6, 6.07) is 5.18. The average molecular weight is 265 g/mol. The van der Waals surface area contributed by atoms with Gasteiger partial charge in [0.1, 0.15) is 11.3 Å². The first-order chi connectivity index (χ1) is 8.74. The molecule has 2 atom stereocenters. The van der Waals surface area contributed by atoms with Gasteiger partial charge in [-0.2, -0.15) is 0 Å². The highest BCUT2D eigenvalue weighted by atomic mass is 35.5. The summed E-state index contributed by atoms with van der Waals surface area (Å²) < 4.78 is 16.5. The molecule has 0 spiro atoms. The molecular weight excluding hydrogens is 256 g/mol. The van der Waals surface area contributed by atoms with Crippen LogP contribution in [0.25, 0.3) is 11.0 Å². The number of ether oxygens (including phenoxy) is 2. The highest BCUT2D eigenvalue weighted by molar-refractivity contribution is 6.31. The Labute approximate surface area is 107 Å². The van der Waals surface area contributed by atoms with E-state index in [0.29, 0.717) is 28.5 Å². The number of rotatable bonds is 0.